The van der Waals surface area contributed by atoms with Crippen molar-refractivity contribution in [1.29, 1.82) is 0 Å². The lowest BCUT2D eigenvalue weighted by atomic mass is 9.79. The van der Waals surface area contributed by atoms with Gasteiger partial charge in [0.05, 0.1) is 0 Å². The van der Waals surface area contributed by atoms with Crippen molar-refractivity contribution >= 4 is 17.8 Å². The third kappa shape index (κ3) is 4.62. The average Bonchev–Trinajstić information content (AvgIpc) is 3.37. The molecule has 0 N–H and O–H groups in total. The van der Waals surface area contributed by atoms with E-state index in [9.17, 15) is 0 Å². The van der Waals surface area contributed by atoms with Crippen LogP contribution >= 0.6 is 0 Å². The van der Waals surface area contributed by atoms with Crippen LogP contribution in [-0.2, 0) is 0 Å². The number of hydrogen-bond donors (Lipinski definition) is 0. The largest absolute Gasteiger partial charge is 0.311 e. The summed E-state index contributed by atoms with van der Waals surface area (Å²) in [5, 5.41) is 0. The SMILES string of the molecule is C=C/C(=C\C=C\c1ccccc1)N(C1=CC(c2ccc3c4c2C=CCC4c2ccccc2-3)CC=C1)c1ccncc1. The zero-order chi connectivity index (χ0) is 27.6. The average molecular weight is 529 g/mol. The van der Waals surface area contributed by atoms with E-state index in [4.69, 9.17) is 0 Å². The van der Waals surface area contributed by atoms with Crippen molar-refractivity contribution in [3.8, 4) is 11.1 Å². The molecule has 2 heteroatoms. The molecule has 7 rings (SSSR count). The minimum absolute atomic E-state index is 0.276. The molecule has 41 heavy (non-hydrogen) atoms. The molecule has 0 bridgehead atoms. The van der Waals surface area contributed by atoms with Gasteiger partial charge in [0, 0.05) is 41.3 Å². The Hall–Kier alpha value is -4.95. The normalized spacial score (nSPS) is 18.6. The third-order valence-corrected chi connectivity index (χ3v) is 8.40. The summed E-state index contributed by atoms with van der Waals surface area (Å²) in [6.07, 6.45) is 25.7. The van der Waals surface area contributed by atoms with Crippen molar-refractivity contribution in [1.82, 2.24) is 4.98 Å². The van der Waals surface area contributed by atoms with E-state index < -0.39 is 0 Å². The van der Waals surface area contributed by atoms with Gasteiger partial charge >= 0.3 is 0 Å². The van der Waals surface area contributed by atoms with Gasteiger partial charge in [0.25, 0.3) is 0 Å². The van der Waals surface area contributed by atoms with Crippen molar-refractivity contribution in [3.05, 3.63) is 180 Å². The molecule has 0 amide bonds. The minimum Gasteiger partial charge on any atom is -0.311 e. The number of nitrogens with zero attached hydrogens (tertiary/aromatic N) is 2. The first-order valence-corrected chi connectivity index (χ1v) is 14.4. The number of anilines is 1. The molecule has 2 atom stereocenters. The van der Waals surface area contributed by atoms with Crippen molar-refractivity contribution < 1.29 is 0 Å². The van der Waals surface area contributed by atoms with E-state index in [2.05, 4.69) is 138 Å². The van der Waals surface area contributed by atoms with Crippen molar-refractivity contribution in [2.45, 2.75) is 24.7 Å². The van der Waals surface area contributed by atoms with Crippen LogP contribution in [0.2, 0.25) is 0 Å². The maximum absolute atomic E-state index is 4.28. The molecule has 4 aromatic rings. The molecule has 2 unspecified atom stereocenters. The second-order valence-electron chi connectivity index (χ2n) is 10.7. The highest BCUT2D eigenvalue weighted by Crippen LogP contribution is 2.52. The molecule has 2 nitrogen and oxygen atoms in total. The Morgan fingerprint density at radius 3 is 2.46 bits per heavy atom. The Labute approximate surface area is 242 Å². The Bertz CT molecular complexity index is 1750. The van der Waals surface area contributed by atoms with Crippen LogP contribution in [0.15, 0.2) is 152 Å². The van der Waals surface area contributed by atoms with Crippen LogP contribution < -0.4 is 4.90 Å². The van der Waals surface area contributed by atoms with Gasteiger partial charge in [-0.25, -0.2) is 0 Å². The Morgan fingerprint density at radius 2 is 1.61 bits per heavy atom. The molecule has 3 aliphatic rings. The molecule has 0 fully saturated rings. The fourth-order valence-corrected chi connectivity index (χ4v) is 6.57. The predicted molar refractivity (Wildman–Crippen MR) is 172 cm³/mol. The van der Waals surface area contributed by atoms with E-state index in [-0.39, 0.29) is 5.92 Å². The van der Waals surface area contributed by atoms with E-state index in [1.54, 1.807) is 0 Å². The predicted octanol–water partition coefficient (Wildman–Crippen LogP) is 9.83. The molecule has 198 valence electrons. The molecule has 0 saturated heterocycles. The molecule has 3 aromatic carbocycles. The van der Waals surface area contributed by atoms with Crippen LogP contribution in [0.25, 0.3) is 23.3 Å². The quantitative estimate of drug-likeness (QED) is 0.222. The number of aromatic nitrogens is 1. The summed E-state index contributed by atoms with van der Waals surface area (Å²) in [5.41, 5.74) is 13.0. The van der Waals surface area contributed by atoms with E-state index in [0.717, 1.165) is 29.9 Å². The molecule has 0 radical (unpaired) electrons. The van der Waals surface area contributed by atoms with Crippen LogP contribution in [0, 0.1) is 0 Å². The number of pyridine rings is 1. The summed E-state index contributed by atoms with van der Waals surface area (Å²) in [7, 11) is 0. The molecule has 0 spiro atoms. The second kappa shape index (κ2) is 10.9. The molecule has 1 heterocycles. The Balaban J connectivity index is 1.28. The number of allylic oxidation sites excluding steroid dienone is 7. The van der Waals surface area contributed by atoms with E-state index in [1.165, 1.54) is 38.9 Å². The van der Waals surface area contributed by atoms with Gasteiger partial charge in [-0.1, -0.05) is 110 Å². The van der Waals surface area contributed by atoms with Gasteiger partial charge < -0.3 is 4.90 Å². The number of hydrogen-bond acceptors (Lipinski definition) is 2. The van der Waals surface area contributed by atoms with Crippen LogP contribution in [0.4, 0.5) is 5.69 Å². The molecule has 3 aliphatic carbocycles. The monoisotopic (exact) mass is 528 g/mol. The zero-order valence-corrected chi connectivity index (χ0v) is 23.0. The van der Waals surface area contributed by atoms with Crippen LogP contribution in [0.3, 0.4) is 0 Å². The maximum atomic E-state index is 4.28. The highest BCUT2D eigenvalue weighted by Gasteiger charge is 2.33. The Morgan fingerprint density at radius 1 is 0.805 bits per heavy atom. The first-order chi connectivity index (χ1) is 20.3. The van der Waals surface area contributed by atoms with Gasteiger partial charge in [-0.15, -0.1) is 0 Å². The topological polar surface area (TPSA) is 16.1 Å². The van der Waals surface area contributed by atoms with Crippen molar-refractivity contribution in [2.24, 2.45) is 0 Å². The number of fused-ring (bicyclic) bond motifs is 3. The zero-order valence-electron chi connectivity index (χ0n) is 23.0. The van der Waals surface area contributed by atoms with Gasteiger partial charge in [-0.3, -0.25) is 4.98 Å². The lowest BCUT2D eigenvalue weighted by Crippen LogP contribution is -2.22. The van der Waals surface area contributed by atoms with Crippen molar-refractivity contribution in [3.63, 3.8) is 0 Å². The lowest BCUT2D eigenvalue weighted by Gasteiger charge is -2.31. The van der Waals surface area contributed by atoms with Gasteiger partial charge in [0.15, 0.2) is 0 Å². The summed E-state index contributed by atoms with van der Waals surface area (Å²) in [6.45, 7) is 4.19. The highest BCUT2D eigenvalue weighted by atomic mass is 15.2. The number of benzene rings is 3. The third-order valence-electron chi connectivity index (χ3n) is 8.40. The van der Waals surface area contributed by atoms with Gasteiger partial charge in [0.2, 0.25) is 0 Å². The molecular formula is C39H32N2. The van der Waals surface area contributed by atoms with Gasteiger partial charge in [-0.05, 0) is 82.1 Å². The fourth-order valence-electron chi connectivity index (χ4n) is 6.57. The molecule has 1 aromatic heterocycles. The van der Waals surface area contributed by atoms with Gasteiger partial charge in [-0.2, -0.15) is 0 Å². The second-order valence-corrected chi connectivity index (χ2v) is 10.7. The molecule has 0 saturated carbocycles. The number of rotatable bonds is 7. The van der Waals surface area contributed by atoms with E-state index in [1.807, 2.05) is 24.5 Å². The van der Waals surface area contributed by atoms with Crippen LogP contribution in [0.1, 0.15) is 52.5 Å². The summed E-state index contributed by atoms with van der Waals surface area (Å²) >= 11 is 0. The summed E-state index contributed by atoms with van der Waals surface area (Å²) < 4.78 is 0. The lowest BCUT2D eigenvalue weighted by molar-refractivity contribution is 0.807. The summed E-state index contributed by atoms with van der Waals surface area (Å²) in [4.78, 5) is 6.56. The Kier molecular flexibility index (Phi) is 6.66. The molecule has 0 aliphatic heterocycles. The van der Waals surface area contributed by atoms with Gasteiger partial charge in [0.1, 0.15) is 0 Å². The summed E-state index contributed by atoms with van der Waals surface area (Å²) in [6, 6.07) is 28.1. The van der Waals surface area contributed by atoms with Crippen molar-refractivity contribution in [2.75, 3.05) is 4.90 Å². The first-order valence-electron chi connectivity index (χ1n) is 14.4. The van der Waals surface area contributed by atoms with Crippen LogP contribution in [0.5, 0.6) is 0 Å². The van der Waals surface area contributed by atoms with Crippen LogP contribution in [-0.4, -0.2) is 4.98 Å². The maximum Gasteiger partial charge on any atom is 0.0492 e. The molecular weight excluding hydrogens is 496 g/mol. The minimum atomic E-state index is 0.276. The van der Waals surface area contributed by atoms with E-state index in [0.29, 0.717) is 5.92 Å². The van der Waals surface area contributed by atoms with E-state index >= 15 is 0 Å². The highest BCUT2D eigenvalue weighted by molar-refractivity contribution is 5.85. The fraction of sp³-hybridized carbons (Fsp3) is 0.103. The smallest absolute Gasteiger partial charge is 0.0492 e. The standard InChI is InChI=1S/C39H32N2/c1-2-30(15-8-13-28-11-4-3-5-12-28)41(31-23-25-40-26-24-31)32-16-9-14-29(27-32)33-21-22-38-35-18-7-6-17-34(35)37-20-10-19-36(33)39(37)38/h2-13,15-19,21-27,29,37H,1,14,20H2/b13-8+,30-15+. The first kappa shape index (κ1) is 25.0. The summed E-state index contributed by atoms with van der Waals surface area (Å²) in [5.74, 6) is 0.737.